The van der Waals surface area contributed by atoms with Crippen molar-refractivity contribution in [3.63, 3.8) is 0 Å². The molecule has 1 aliphatic carbocycles. The molecule has 0 radical (unpaired) electrons. The molecule has 2 heterocycles. The Hall–Kier alpha value is -0.450. The standard InChI is InChI=1S/C15H15BrOS2/c1-9-7-11(16)15(18-9)14(17)13-8-10-5-3-2-4-6-12(10)19-13/h7-8H,2-6H2,1H3. The van der Waals surface area contributed by atoms with Gasteiger partial charge in [0.15, 0.2) is 0 Å². The van der Waals surface area contributed by atoms with Gasteiger partial charge in [-0.3, -0.25) is 4.79 Å². The molecule has 2 aromatic heterocycles. The summed E-state index contributed by atoms with van der Waals surface area (Å²) in [7, 11) is 0. The lowest BCUT2D eigenvalue weighted by Crippen LogP contribution is -1.95. The van der Waals surface area contributed by atoms with Crippen LogP contribution in [0.15, 0.2) is 16.6 Å². The molecule has 0 fully saturated rings. The van der Waals surface area contributed by atoms with Crippen LogP contribution in [0.5, 0.6) is 0 Å². The molecule has 0 atom stereocenters. The molecule has 4 heteroatoms. The van der Waals surface area contributed by atoms with Crippen LogP contribution in [0.3, 0.4) is 0 Å². The summed E-state index contributed by atoms with van der Waals surface area (Å²) >= 11 is 6.78. The first-order chi connectivity index (χ1) is 9.15. The fourth-order valence-electron chi connectivity index (χ4n) is 2.53. The van der Waals surface area contributed by atoms with Crippen molar-refractivity contribution in [2.45, 2.75) is 39.0 Å². The highest BCUT2D eigenvalue weighted by Crippen LogP contribution is 2.34. The molecule has 0 unspecified atom stereocenters. The summed E-state index contributed by atoms with van der Waals surface area (Å²) in [5.41, 5.74) is 1.41. The second kappa shape index (κ2) is 5.51. The van der Waals surface area contributed by atoms with Crippen molar-refractivity contribution in [2.75, 3.05) is 0 Å². The Balaban J connectivity index is 1.94. The van der Waals surface area contributed by atoms with E-state index in [-0.39, 0.29) is 5.78 Å². The Morgan fingerprint density at radius 2 is 1.95 bits per heavy atom. The van der Waals surface area contributed by atoms with Gasteiger partial charge in [0.25, 0.3) is 0 Å². The molecular weight excluding hydrogens is 340 g/mol. The molecule has 0 amide bonds. The van der Waals surface area contributed by atoms with Crippen molar-refractivity contribution in [3.05, 3.63) is 41.7 Å². The third-order valence-electron chi connectivity index (χ3n) is 3.49. The number of fused-ring (bicyclic) bond motifs is 1. The number of halogens is 1. The molecule has 0 aliphatic heterocycles. The normalized spacial score (nSPS) is 15.1. The van der Waals surface area contributed by atoms with E-state index in [9.17, 15) is 4.79 Å². The van der Waals surface area contributed by atoms with E-state index in [1.54, 1.807) is 22.7 Å². The van der Waals surface area contributed by atoms with Gasteiger partial charge in [-0.05, 0) is 66.2 Å². The summed E-state index contributed by atoms with van der Waals surface area (Å²) in [6, 6.07) is 4.16. The average molecular weight is 355 g/mol. The monoisotopic (exact) mass is 354 g/mol. The Kier molecular flexibility index (Phi) is 3.92. The van der Waals surface area contributed by atoms with E-state index in [0.717, 1.165) is 27.1 Å². The van der Waals surface area contributed by atoms with Crippen LogP contribution in [0.25, 0.3) is 0 Å². The number of hydrogen-bond donors (Lipinski definition) is 0. The van der Waals surface area contributed by atoms with Crippen molar-refractivity contribution in [1.82, 2.24) is 0 Å². The minimum atomic E-state index is 0.183. The van der Waals surface area contributed by atoms with Gasteiger partial charge in [-0.15, -0.1) is 22.7 Å². The summed E-state index contributed by atoms with van der Waals surface area (Å²) in [6.45, 7) is 2.04. The first-order valence-corrected chi connectivity index (χ1v) is 9.00. The summed E-state index contributed by atoms with van der Waals surface area (Å²) in [5.74, 6) is 0.183. The number of thiophene rings is 2. The zero-order valence-electron chi connectivity index (χ0n) is 10.8. The van der Waals surface area contributed by atoms with Gasteiger partial charge in [-0.1, -0.05) is 6.42 Å². The van der Waals surface area contributed by atoms with Crippen molar-refractivity contribution in [3.8, 4) is 0 Å². The van der Waals surface area contributed by atoms with Crippen LogP contribution in [0.2, 0.25) is 0 Å². The van der Waals surface area contributed by atoms with Crippen LogP contribution in [0, 0.1) is 6.92 Å². The summed E-state index contributed by atoms with van der Waals surface area (Å²) in [6.07, 6.45) is 6.14. The van der Waals surface area contributed by atoms with E-state index >= 15 is 0 Å². The fraction of sp³-hybridized carbons (Fsp3) is 0.400. The molecule has 0 aromatic carbocycles. The predicted octanol–water partition coefficient (Wildman–Crippen LogP) is 5.38. The SMILES string of the molecule is Cc1cc(Br)c(C(=O)c2cc3c(s2)CCCCC3)s1. The van der Waals surface area contributed by atoms with Crippen LogP contribution in [0.4, 0.5) is 0 Å². The van der Waals surface area contributed by atoms with E-state index < -0.39 is 0 Å². The zero-order chi connectivity index (χ0) is 13.4. The van der Waals surface area contributed by atoms with Crippen molar-refractivity contribution in [2.24, 2.45) is 0 Å². The van der Waals surface area contributed by atoms with Crippen molar-refractivity contribution < 1.29 is 4.79 Å². The smallest absolute Gasteiger partial charge is 0.214 e. The van der Waals surface area contributed by atoms with Crippen LogP contribution in [-0.4, -0.2) is 5.78 Å². The van der Waals surface area contributed by atoms with Crippen molar-refractivity contribution >= 4 is 44.4 Å². The van der Waals surface area contributed by atoms with Crippen LogP contribution >= 0.6 is 38.6 Å². The van der Waals surface area contributed by atoms with Crippen LogP contribution in [0.1, 0.15) is 49.1 Å². The number of carbonyl (C=O) groups excluding carboxylic acids is 1. The number of hydrogen-bond acceptors (Lipinski definition) is 3. The molecule has 0 spiro atoms. The average Bonchev–Trinajstić information content (AvgIpc) is 2.85. The predicted molar refractivity (Wildman–Crippen MR) is 85.8 cm³/mol. The Bertz CT molecular complexity index is 601. The quantitative estimate of drug-likeness (QED) is 0.522. The van der Waals surface area contributed by atoms with Gasteiger partial charge in [-0.25, -0.2) is 0 Å². The minimum Gasteiger partial charge on any atom is -0.287 e. The Morgan fingerprint density at radius 3 is 2.68 bits per heavy atom. The lowest BCUT2D eigenvalue weighted by Gasteiger charge is -1.95. The Morgan fingerprint density at radius 1 is 1.16 bits per heavy atom. The second-order valence-corrected chi connectivity index (χ2v) is 8.23. The third-order valence-corrected chi connectivity index (χ3v) is 6.66. The molecule has 1 nitrogen and oxygen atoms in total. The maximum Gasteiger partial charge on any atom is 0.214 e. The molecule has 0 N–H and O–H groups in total. The second-order valence-electron chi connectivity index (χ2n) is 4.98. The zero-order valence-corrected chi connectivity index (χ0v) is 14.0. The summed E-state index contributed by atoms with van der Waals surface area (Å²) in [5, 5.41) is 0. The maximum atomic E-state index is 12.6. The molecule has 0 bridgehead atoms. The number of rotatable bonds is 2. The first-order valence-electron chi connectivity index (χ1n) is 6.57. The molecule has 3 rings (SSSR count). The van der Waals surface area contributed by atoms with Gasteiger partial charge in [-0.2, -0.15) is 0 Å². The fourth-order valence-corrected chi connectivity index (χ4v) is 5.57. The van der Waals surface area contributed by atoms with Gasteiger partial charge in [0.2, 0.25) is 5.78 Å². The van der Waals surface area contributed by atoms with E-state index in [0.29, 0.717) is 0 Å². The highest BCUT2D eigenvalue weighted by atomic mass is 79.9. The van der Waals surface area contributed by atoms with Gasteiger partial charge in [0.1, 0.15) is 0 Å². The number of aryl methyl sites for hydroxylation is 3. The van der Waals surface area contributed by atoms with E-state index in [4.69, 9.17) is 0 Å². The molecule has 1 aliphatic rings. The van der Waals surface area contributed by atoms with Crippen LogP contribution < -0.4 is 0 Å². The van der Waals surface area contributed by atoms with E-state index in [2.05, 4.69) is 22.0 Å². The van der Waals surface area contributed by atoms with Crippen LogP contribution in [-0.2, 0) is 12.8 Å². The molecule has 0 saturated heterocycles. The lowest BCUT2D eigenvalue weighted by atomic mass is 10.1. The number of carbonyl (C=O) groups is 1. The first kappa shape index (κ1) is 13.5. The molecule has 0 saturated carbocycles. The molecule has 19 heavy (non-hydrogen) atoms. The molecule has 100 valence electrons. The maximum absolute atomic E-state index is 12.6. The summed E-state index contributed by atoms with van der Waals surface area (Å²) in [4.78, 5) is 16.9. The molecule has 2 aromatic rings. The minimum absolute atomic E-state index is 0.183. The highest BCUT2D eigenvalue weighted by Gasteiger charge is 2.20. The lowest BCUT2D eigenvalue weighted by molar-refractivity contribution is 0.104. The largest absolute Gasteiger partial charge is 0.287 e. The van der Waals surface area contributed by atoms with Gasteiger partial charge in [0.05, 0.1) is 9.75 Å². The van der Waals surface area contributed by atoms with Gasteiger partial charge in [0, 0.05) is 14.2 Å². The molecular formula is C15H15BrOS2. The van der Waals surface area contributed by atoms with Gasteiger partial charge < -0.3 is 0 Å². The van der Waals surface area contributed by atoms with Gasteiger partial charge >= 0.3 is 0 Å². The van der Waals surface area contributed by atoms with Crippen molar-refractivity contribution in [1.29, 1.82) is 0 Å². The number of ketones is 1. The summed E-state index contributed by atoms with van der Waals surface area (Å²) < 4.78 is 0.934. The Labute approximate surface area is 129 Å². The third kappa shape index (κ3) is 2.71. The van der Waals surface area contributed by atoms with E-state index in [1.807, 2.05) is 13.0 Å². The van der Waals surface area contributed by atoms with E-state index in [1.165, 1.54) is 34.6 Å². The highest BCUT2D eigenvalue weighted by molar-refractivity contribution is 9.10. The topological polar surface area (TPSA) is 17.1 Å².